The summed E-state index contributed by atoms with van der Waals surface area (Å²) < 4.78 is 10.4. The number of aliphatic hydroxyl groups excluding tert-OH is 1. The van der Waals surface area contributed by atoms with E-state index in [1.54, 1.807) is 26.5 Å². The van der Waals surface area contributed by atoms with Gasteiger partial charge in [-0.2, -0.15) is 0 Å². The molecule has 0 aliphatic rings. The van der Waals surface area contributed by atoms with Crippen molar-refractivity contribution in [1.29, 1.82) is 0 Å². The third-order valence-corrected chi connectivity index (χ3v) is 2.67. The molecule has 0 amide bonds. The number of hydrogen-bond donors (Lipinski definition) is 1. The number of allylic oxidation sites excluding steroid dienone is 2. The fraction of sp³-hybridized carbons (Fsp3) is 0.222. The Hall–Kier alpha value is -2.17. The summed E-state index contributed by atoms with van der Waals surface area (Å²) in [6, 6.07) is 12.4. The van der Waals surface area contributed by atoms with Crippen LogP contribution in [0, 0.1) is 6.07 Å². The van der Waals surface area contributed by atoms with Crippen LogP contribution in [0.15, 0.2) is 48.4 Å². The van der Waals surface area contributed by atoms with Crippen LogP contribution in [-0.2, 0) is 24.9 Å². The van der Waals surface area contributed by atoms with E-state index in [9.17, 15) is 4.79 Å². The van der Waals surface area contributed by atoms with Crippen molar-refractivity contribution in [2.75, 3.05) is 14.2 Å². The van der Waals surface area contributed by atoms with Gasteiger partial charge in [0, 0.05) is 43.9 Å². The summed E-state index contributed by atoms with van der Waals surface area (Å²) in [7, 11) is 3.23. The molecule has 0 saturated heterocycles. The minimum absolute atomic E-state index is 0. The van der Waals surface area contributed by atoms with Gasteiger partial charge >= 0.3 is 0 Å². The third-order valence-electron chi connectivity index (χ3n) is 2.67. The van der Waals surface area contributed by atoms with E-state index < -0.39 is 0 Å². The SMILES string of the molecule is CC(=O)/C=C(/C)O.COc1c[c-]c(-c2ccccn2)c(OC)c1.[Ir]. The second kappa shape index (κ2) is 11.4. The van der Waals surface area contributed by atoms with Crippen LogP contribution in [-0.4, -0.2) is 30.1 Å². The zero-order chi connectivity index (χ0) is 17.2. The zero-order valence-electron chi connectivity index (χ0n) is 14.0. The van der Waals surface area contributed by atoms with Gasteiger partial charge in [0.2, 0.25) is 0 Å². The summed E-state index contributed by atoms with van der Waals surface area (Å²) >= 11 is 0. The summed E-state index contributed by atoms with van der Waals surface area (Å²) in [5.74, 6) is 1.36. The second-order valence-electron chi connectivity index (χ2n) is 4.59. The van der Waals surface area contributed by atoms with Gasteiger partial charge in [0.05, 0.1) is 20.0 Å². The van der Waals surface area contributed by atoms with Crippen molar-refractivity contribution in [1.82, 2.24) is 4.98 Å². The fourth-order valence-corrected chi connectivity index (χ4v) is 1.74. The summed E-state index contributed by atoms with van der Waals surface area (Å²) in [6.45, 7) is 2.85. The molecule has 0 unspecified atom stereocenters. The molecule has 2 aromatic rings. The van der Waals surface area contributed by atoms with E-state index in [4.69, 9.17) is 14.6 Å². The van der Waals surface area contributed by atoms with E-state index in [1.807, 2.05) is 24.3 Å². The predicted molar refractivity (Wildman–Crippen MR) is 88.7 cm³/mol. The molecule has 24 heavy (non-hydrogen) atoms. The molecule has 0 fully saturated rings. The van der Waals surface area contributed by atoms with Gasteiger partial charge in [0.1, 0.15) is 0 Å². The maximum Gasteiger partial charge on any atom is 0.155 e. The van der Waals surface area contributed by atoms with Crippen molar-refractivity contribution < 1.29 is 39.5 Å². The smallest absolute Gasteiger partial charge is 0.155 e. The number of ketones is 1. The van der Waals surface area contributed by atoms with Crippen molar-refractivity contribution in [2.45, 2.75) is 13.8 Å². The molecule has 0 saturated carbocycles. The molecule has 0 aliphatic heterocycles. The van der Waals surface area contributed by atoms with Crippen molar-refractivity contribution in [3.63, 3.8) is 0 Å². The standard InChI is InChI=1S/C13H12NO2.C5H8O2.Ir/c1-15-10-6-7-11(13(9-10)16-2)12-5-3-4-8-14-12;1-4(6)3-5(2)7;/h3-6,8-9H,1-2H3;3,6H,1-2H3;/q-1;;/b;4-3-;. The molecule has 1 aromatic carbocycles. The molecule has 1 heterocycles. The number of carbonyl (C=O) groups excluding carboxylic acids is 1. The Morgan fingerprint density at radius 1 is 1.25 bits per heavy atom. The molecule has 0 spiro atoms. The molecule has 0 aliphatic carbocycles. The van der Waals surface area contributed by atoms with Crippen LogP contribution >= 0.6 is 0 Å². The Bertz CT molecular complexity index is 668. The van der Waals surface area contributed by atoms with Crippen LogP contribution in [0.4, 0.5) is 0 Å². The topological polar surface area (TPSA) is 68.7 Å². The summed E-state index contributed by atoms with van der Waals surface area (Å²) in [6.07, 6.45) is 2.91. The Morgan fingerprint density at radius 2 is 1.96 bits per heavy atom. The van der Waals surface area contributed by atoms with E-state index in [1.165, 1.54) is 19.9 Å². The van der Waals surface area contributed by atoms with Crippen LogP contribution in [0.1, 0.15) is 13.8 Å². The first-order valence-corrected chi connectivity index (χ1v) is 6.91. The van der Waals surface area contributed by atoms with Gasteiger partial charge in [-0.1, -0.05) is 23.8 Å². The molecule has 6 heteroatoms. The predicted octanol–water partition coefficient (Wildman–Crippen LogP) is 3.60. The van der Waals surface area contributed by atoms with Crippen molar-refractivity contribution in [3.05, 3.63) is 54.4 Å². The number of carbonyl (C=O) groups is 1. The number of pyridine rings is 1. The monoisotopic (exact) mass is 507 g/mol. The third kappa shape index (κ3) is 7.40. The molecule has 1 radical (unpaired) electrons. The van der Waals surface area contributed by atoms with E-state index in [0.717, 1.165) is 17.0 Å². The Kier molecular flexibility index (Phi) is 10.3. The maximum absolute atomic E-state index is 10.0. The van der Waals surface area contributed by atoms with E-state index in [-0.39, 0.29) is 31.6 Å². The van der Waals surface area contributed by atoms with Gasteiger partial charge in [-0.25, -0.2) is 0 Å². The van der Waals surface area contributed by atoms with Crippen LogP contribution in [0.5, 0.6) is 11.5 Å². The van der Waals surface area contributed by atoms with Crippen LogP contribution < -0.4 is 9.47 Å². The molecular formula is C18H20IrNO4-. The number of aliphatic hydroxyl groups is 1. The zero-order valence-corrected chi connectivity index (χ0v) is 16.4. The van der Waals surface area contributed by atoms with Crippen LogP contribution in [0.25, 0.3) is 11.3 Å². The van der Waals surface area contributed by atoms with Gasteiger partial charge in [-0.15, -0.1) is 12.1 Å². The van der Waals surface area contributed by atoms with Crippen molar-refractivity contribution >= 4 is 5.78 Å². The van der Waals surface area contributed by atoms with Gasteiger partial charge in [0.25, 0.3) is 0 Å². The molecule has 5 nitrogen and oxygen atoms in total. The first-order chi connectivity index (χ1) is 11.0. The molecule has 131 valence electrons. The second-order valence-corrected chi connectivity index (χ2v) is 4.59. The molecule has 0 bridgehead atoms. The quantitative estimate of drug-likeness (QED) is 0.390. The van der Waals surface area contributed by atoms with Crippen molar-refractivity contribution in [3.8, 4) is 22.8 Å². The minimum atomic E-state index is -0.125. The number of nitrogens with zero attached hydrogens (tertiary/aromatic N) is 1. The summed E-state index contributed by atoms with van der Waals surface area (Å²) in [5, 5.41) is 8.36. The molecule has 1 N–H and O–H groups in total. The molecular weight excluding hydrogens is 486 g/mol. The Labute approximate surface area is 155 Å². The van der Waals surface area contributed by atoms with Crippen molar-refractivity contribution in [2.24, 2.45) is 0 Å². The number of ether oxygens (including phenoxy) is 2. The average Bonchev–Trinajstić information content (AvgIpc) is 2.54. The largest absolute Gasteiger partial charge is 0.540 e. The van der Waals surface area contributed by atoms with Crippen LogP contribution in [0.3, 0.4) is 0 Å². The summed E-state index contributed by atoms with van der Waals surface area (Å²) in [5.41, 5.74) is 1.67. The van der Waals surface area contributed by atoms with Crippen LogP contribution in [0.2, 0.25) is 0 Å². The Morgan fingerprint density at radius 3 is 2.38 bits per heavy atom. The molecule has 1 aromatic heterocycles. The number of benzene rings is 1. The van der Waals surface area contributed by atoms with Gasteiger partial charge in [-0.05, 0) is 25.6 Å². The number of methoxy groups -OCH3 is 2. The fourth-order valence-electron chi connectivity index (χ4n) is 1.74. The number of rotatable bonds is 4. The first-order valence-electron chi connectivity index (χ1n) is 6.91. The van der Waals surface area contributed by atoms with E-state index >= 15 is 0 Å². The van der Waals surface area contributed by atoms with E-state index in [2.05, 4.69) is 11.1 Å². The van der Waals surface area contributed by atoms with Gasteiger partial charge in [0.15, 0.2) is 5.78 Å². The number of aromatic nitrogens is 1. The Balaban J connectivity index is 0.000000570. The molecule has 0 atom stereocenters. The van der Waals surface area contributed by atoms with E-state index in [0.29, 0.717) is 5.75 Å². The normalized spacial score (nSPS) is 9.92. The average molecular weight is 507 g/mol. The first kappa shape index (κ1) is 21.8. The molecule has 2 rings (SSSR count). The maximum atomic E-state index is 10.0. The number of hydrogen-bond acceptors (Lipinski definition) is 5. The summed E-state index contributed by atoms with van der Waals surface area (Å²) in [4.78, 5) is 14.3. The minimum Gasteiger partial charge on any atom is -0.540 e. The van der Waals surface area contributed by atoms with Gasteiger partial charge < -0.3 is 19.6 Å². The van der Waals surface area contributed by atoms with Gasteiger partial charge in [-0.3, -0.25) is 4.79 Å².